The van der Waals surface area contributed by atoms with Crippen LogP contribution in [0.3, 0.4) is 0 Å². The third kappa shape index (κ3) is 0.124. The van der Waals surface area contributed by atoms with E-state index >= 15 is 0 Å². The molecule has 10 aliphatic heterocycles. The SMILES string of the molecule is CC(=O)[C]12[CH]3[CH]4[CH]5[CH]1[Fe]45321678[CH]2[CH]1[CH]6[C]7(C(C)(O)c1ccccc1)[CH]28. The minimum atomic E-state index is -3.84. The second-order valence-corrected chi connectivity index (χ2v) is 36.0. The third-order valence-corrected chi connectivity index (χ3v) is 60.5. The van der Waals surface area contributed by atoms with Gasteiger partial charge < -0.3 is 0 Å². The first-order valence-electron chi connectivity index (χ1n) is 9.23. The van der Waals surface area contributed by atoms with Crippen molar-refractivity contribution in [2.75, 3.05) is 0 Å². The van der Waals surface area contributed by atoms with Gasteiger partial charge in [0.25, 0.3) is 0 Å². The fraction of sp³-hybridized carbons (Fsp3) is 0.650. The molecule has 10 saturated heterocycles. The molecule has 120 valence electrons. The Morgan fingerprint density at radius 2 is 1.57 bits per heavy atom. The van der Waals surface area contributed by atoms with Gasteiger partial charge in [0.05, 0.1) is 0 Å². The number of benzene rings is 1. The van der Waals surface area contributed by atoms with Crippen LogP contribution < -0.4 is 0 Å². The van der Waals surface area contributed by atoms with Crippen LogP contribution in [0.4, 0.5) is 0 Å². The monoisotopic (exact) mass is 348 g/mol. The molecular formula is C20H20FeO2. The topological polar surface area (TPSA) is 37.3 Å². The van der Waals surface area contributed by atoms with Crippen molar-refractivity contribution in [3.8, 4) is 0 Å². The molecule has 11 rings (SSSR count). The zero-order chi connectivity index (χ0) is 15.1. The van der Waals surface area contributed by atoms with Gasteiger partial charge in [-0.1, -0.05) is 0 Å². The molecule has 0 amide bonds. The molecule has 0 saturated carbocycles. The van der Waals surface area contributed by atoms with E-state index in [1.807, 2.05) is 6.92 Å². The van der Waals surface area contributed by atoms with Gasteiger partial charge in [0.15, 0.2) is 0 Å². The van der Waals surface area contributed by atoms with Gasteiger partial charge in [-0.3, -0.25) is 0 Å². The molecule has 23 heavy (non-hydrogen) atoms. The number of aliphatic hydroxyl groups is 1. The van der Waals surface area contributed by atoms with Gasteiger partial charge in [-0.15, -0.1) is 0 Å². The number of fused-ring (bicyclic) bond motifs is 10. The van der Waals surface area contributed by atoms with E-state index in [1.54, 1.807) is 0 Å². The Labute approximate surface area is 124 Å². The van der Waals surface area contributed by atoms with Crippen molar-refractivity contribution in [2.24, 2.45) is 0 Å². The zero-order valence-electron chi connectivity index (χ0n) is 13.2. The molecule has 0 aliphatic carbocycles. The number of hydrogen-bond donors (Lipinski definition) is 1. The predicted molar refractivity (Wildman–Crippen MR) is 82.1 cm³/mol. The van der Waals surface area contributed by atoms with Crippen LogP contribution in [-0.2, 0) is 16.9 Å². The molecule has 0 aromatic heterocycles. The van der Waals surface area contributed by atoms with Crippen LogP contribution in [-0.4, -0.2) is 10.9 Å². The summed E-state index contributed by atoms with van der Waals surface area (Å²) in [4.78, 5) is 20.7. The van der Waals surface area contributed by atoms with Gasteiger partial charge in [0.2, 0.25) is 0 Å². The number of carbonyl (C=O) groups is 1. The maximum atomic E-state index is 13.0. The first kappa shape index (κ1) is 9.75. The van der Waals surface area contributed by atoms with E-state index in [1.165, 1.54) is 0 Å². The van der Waals surface area contributed by atoms with Crippen molar-refractivity contribution in [3.63, 3.8) is 0 Å². The molecule has 9 atom stereocenters. The fourth-order valence-corrected chi connectivity index (χ4v) is 97.8. The molecule has 0 bridgehead atoms. The molecule has 1 aromatic rings. The van der Waals surface area contributed by atoms with Gasteiger partial charge in [-0.05, 0) is 0 Å². The Morgan fingerprint density at radius 3 is 1.96 bits per heavy atom. The van der Waals surface area contributed by atoms with Gasteiger partial charge in [-0.2, -0.15) is 0 Å². The summed E-state index contributed by atoms with van der Waals surface area (Å²) in [5.41, 5.74) is 0.484. The average molecular weight is 348 g/mol. The summed E-state index contributed by atoms with van der Waals surface area (Å²) in [5.74, 6) is 0.590. The summed E-state index contributed by atoms with van der Waals surface area (Å²) in [5, 5.41) is 12.0. The summed E-state index contributed by atoms with van der Waals surface area (Å²) in [7, 11) is 0. The van der Waals surface area contributed by atoms with Crippen LogP contribution in [0.5, 0.6) is 0 Å². The van der Waals surface area contributed by atoms with E-state index in [9.17, 15) is 9.90 Å². The van der Waals surface area contributed by atoms with Crippen LogP contribution in [0.25, 0.3) is 0 Å². The van der Waals surface area contributed by atoms with Crippen molar-refractivity contribution in [2.45, 2.75) is 66.6 Å². The van der Waals surface area contributed by atoms with Crippen LogP contribution in [0, 0.1) is 0 Å². The Hall–Kier alpha value is -0.631. The normalized spacial score (nSPS) is 97.0. The van der Waals surface area contributed by atoms with Crippen molar-refractivity contribution in [1.29, 1.82) is 0 Å². The fourth-order valence-electron chi connectivity index (χ4n) is 19.9. The zero-order valence-corrected chi connectivity index (χ0v) is 14.3. The van der Waals surface area contributed by atoms with Crippen LogP contribution in [0.15, 0.2) is 30.3 Å². The molecule has 1 spiro atoms. The molecule has 2 nitrogen and oxygen atoms in total. The molecule has 0 radical (unpaired) electrons. The Bertz CT molecular complexity index is 1370. The number of Topliss-reactive ketones (excluding diaryl/α,β-unsaturated/α-hetero) is 1. The van der Waals surface area contributed by atoms with E-state index in [4.69, 9.17) is 0 Å². The molecule has 1 N–H and O–H groups in total. The van der Waals surface area contributed by atoms with Crippen LogP contribution in [0.2, 0.25) is 47.2 Å². The standard InChI is InChI=1S/C13H13O.C7H7O.Fe/c1-13(14,12-9-5-6-10-12)11-7-3-2-4-8-11;1-6(8)7-4-2-3-5-7;/h2-10,14H,1H3;2-5H,1H3;. The molecular weight excluding hydrogens is 328 g/mol. The number of carbonyl (C=O) groups excluding carboxylic acids is 1. The molecule has 3 heteroatoms. The third-order valence-electron chi connectivity index (χ3n) is 17.4. The number of hydrogen-bond acceptors (Lipinski definition) is 2. The molecule has 10 heterocycles. The van der Waals surface area contributed by atoms with E-state index in [-0.39, 0.29) is 8.63 Å². The van der Waals surface area contributed by atoms with Crippen molar-refractivity contribution >= 4 is 5.78 Å². The van der Waals surface area contributed by atoms with E-state index in [0.29, 0.717) is 5.78 Å². The van der Waals surface area contributed by atoms with Gasteiger partial charge >= 0.3 is 125 Å². The van der Waals surface area contributed by atoms with E-state index in [2.05, 4.69) is 37.3 Å². The van der Waals surface area contributed by atoms with Crippen LogP contribution >= 0.6 is 0 Å². The maximum absolute atomic E-state index is 13.0. The molecule has 9 unspecified atom stereocenters. The minimum absolute atomic E-state index is 0.243. The predicted octanol–water partition coefficient (Wildman–Crippen LogP) is 4.61. The molecule has 10 aliphatic rings. The van der Waals surface area contributed by atoms with E-state index in [0.717, 1.165) is 44.1 Å². The van der Waals surface area contributed by atoms with Gasteiger partial charge in [0, 0.05) is 0 Å². The summed E-state index contributed by atoms with van der Waals surface area (Å²) in [6.45, 7) is 0.250. The second kappa shape index (κ2) is 0.935. The average Bonchev–Trinajstić information content (AvgIpc) is 3.47. The van der Waals surface area contributed by atoms with E-state index < -0.39 is 12.1 Å². The van der Waals surface area contributed by atoms with Crippen molar-refractivity contribution < 1.29 is 16.4 Å². The summed E-state index contributed by atoms with van der Waals surface area (Å²) >= 11 is 0. The van der Waals surface area contributed by atoms with Crippen molar-refractivity contribution in [3.05, 3.63) is 35.9 Å². The first-order chi connectivity index (χ1) is 10.7. The Kier molecular flexibility index (Phi) is 0.396. The Morgan fingerprint density at radius 1 is 1.04 bits per heavy atom. The van der Waals surface area contributed by atoms with Crippen molar-refractivity contribution in [1.82, 2.24) is 0 Å². The molecule has 1 aromatic carbocycles. The van der Waals surface area contributed by atoms with Gasteiger partial charge in [0.1, 0.15) is 0 Å². The Balaban J connectivity index is 1.41. The summed E-state index contributed by atoms with van der Waals surface area (Å²) < 4.78 is 0.515. The number of ketones is 1. The van der Waals surface area contributed by atoms with Gasteiger partial charge in [-0.25, -0.2) is 0 Å². The second-order valence-electron chi connectivity index (χ2n) is 12.8. The summed E-state index contributed by atoms with van der Waals surface area (Å²) in [6.07, 6.45) is 0. The number of rotatable bonds is 3. The van der Waals surface area contributed by atoms with Crippen LogP contribution in [0.1, 0.15) is 19.4 Å². The summed E-state index contributed by atoms with van der Waals surface area (Å²) in [6, 6.07) is 10.5. The quantitative estimate of drug-likeness (QED) is 0.810. The molecule has 10 fully saturated rings. The first-order valence-corrected chi connectivity index (χ1v) is 15.4.